The van der Waals surface area contributed by atoms with Crippen molar-refractivity contribution >= 4 is 27.6 Å². The van der Waals surface area contributed by atoms with E-state index in [-0.39, 0.29) is 12.2 Å². The molecule has 0 saturated heterocycles. The number of carboxylic acid groups (broad SMARTS) is 1. The third kappa shape index (κ3) is 1.48. The normalized spacial score (nSPS) is 18.9. The van der Waals surface area contributed by atoms with Crippen LogP contribution in [-0.4, -0.2) is 17.1 Å². The minimum absolute atomic E-state index is 0.198. The average molecular weight is 260 g/mol. The Balaban J connectivity index is 2.39. The molecule has 1 unspecified atom stereocenters. The minimum Gasteiger partial charge on any atom is -0.480 e. The van der Waals surface area contributed by atoms with Gasteiger partial charge in [0.1, 0.15) is 11.9 Å². The van der Waals surface area contributed by atoms with Crippen molar-refractivity contribution in [1.82, 2.24) is 0 Å². The maximum atomic E-state index is 13.3. The van der Waals surface area contributed by atoms with Crippen LogP contribution in [0.4, 0.5) is 10.1 Å². The number of carboxylic acids is 1. The second-order valence-corrected chi connectivity index (χ2v) is 4.07. The SMILES string of the molecule is O=C(O)C1Cc2c(F)cc(Br)cc2N1. The summed E-state index contributed by atoms with van der Waals surface area (Å²) in [6.45, 7) is 0. The molecule has 0 amide bonds. The van der Waals surface area contributed by atoms with Crippen molar-refractivity contribution in [2.45, 2.75) is 12.5 Å². The molecule has 0 aliphatic carbocycles. The van der Waals surface area contributed by atoms with Crippen LogP contribution in [0.2, 0.25) is 0 Å². The molecule has 1 heterocycles. The second kappa shape index (κ2) is 3.24. The Kier molecular flexibility index (Phi) is 2.19. The largest absolute Gasteiger partial charge is 0.480 e. The zero-order valence-electron chi connectivity index (χ0n) is 7.05. The maximum Gasteiger partial charge on any atom is 0.326 e. The lowest BCUT2D eigenvalue weighted by Crippen LogP contribution is -2.26. The molecular weight excluding hydrogens is 253 g/mol. The number of fused-ring (bicyclic) bond motifs is 1. The zero-order chi connectivity index (χ0) is 10.3. The van der Waals surface area contributed by atoms with Crippen LogP contribution in [0, 0.1) is 5.82 Å². The summed E-state index contributed by atoms with van der Waals surface area (Å²) in [7, 11) is 0. The molecule has 1 aromatic rings. The highest BCUT2D eigenvalue weighted by Gasteiger charge is 2.28. The second-order valence-electron chi connectivity index (χ2n) is 3.15. The molecule has 0 spiro atoms. The van der Waals surface area contributed by atoms with Gasteiger partial charge in [0.2, 0.25) is 0 Å². The number of aliphatic carboxylic acids is 1. The number of halogens is 2. The predicted octanol–water partition coefficient (Wildman–Crippen LogP) is 2.01. The van der Waals surface area contributed by atoms with Gasteiger partial charge in [0.25, 0.3) is 0 Å². The molecule has 74 valence electrons. The number of benzene rings is 1. The van der Waals surface area contributed by atoms with Gasteiger partial charge in [0.15, 0.2) is 0 Å². The Bertz CT molecular complexity index is 408. The summed E-state index contributed by atoms with van der Waals surface area (Å²) in [6.07, 6.45) is 0.198. The summed E-state index contributed by atoms with van der Waals surface area (Å²) in [5, 5.41) is 11.5. The van der Waals surface area contributed by atoms with E-state index in [4.69, 9.17) is 5.11 Å². The number of rotatable bonds is 1. The summed E-state index contributed by atoms with van der Waals surface area (Å²) < 4.78 is 13.9. The lowest BCUT2D eigenvalue weighted by Gasteiger charge is -2.03. The molecule has 2 rings (SSSR count). The highest BCUT2D eigenvalue weighted by atomic mass is 79.9. The van der Waals surface area contributed by atoms with Crippen molar-refractivity contribution in [2.75, 3.05) is 5.32 Å². The number of carbonyl (C=O) groups is 1. The molecule has 0 fully saturated rings. The first-order chi connectivity index (χ1) is 6.58. The van der Waals surface area contributed by atoms with Gasteiger partial charge in [-0.1, -0.05) is 15.9 Å². The number of hydrogen-bond acceptors (Lipinski definition) is 2. The molecule has 0 aromatic heterocycles. The lowest BCUT2D eigenvalue weighted by molar-refractivity contribution is -0.137. The summed E-state index contributed by atoms with van der Waals surface area (Å²) in [5.74, 6) is -1.33. The highest BCUT2D eigenvalue weighted by Crippen LogP contribution is 2.31. The van der Waals surface area contributed by atoms with Gasteiger partial charge in [-0.3, -0.25) is 0 Å². The van der Waals surface area contributed by atoms with Crippen molar-refractivity contribution in [3.05, 3.63) is 28.0 Å². The van der Waals surface area contributed by atoms with E-state index in [2.05, 4.69) is 21.2 Å². The van der Waals surface area contributed by atoms with E-state index in [1.54, 1.807) is 6.07 Å². The monoisotopic (exact) mass is 259 g/mol. The first-order valence-corrected chi connectivity index (χ1v) is 4.84. The smallest absolute Gasteiger partial charge is 0.326 e. The highest BCUT2D eigenvalue weighted by molar-refractivity contribution is 9.10. The van der Waals surface area contributed by atoms with E-state index in [0.717, 1.165) is 0 Å². The van der Waals surface area contributed by atoms with E-state index in [1.165, 1.54) is 6.07 Å². The quantitative estimate of drug-likeness (QED) is 0.812. The molecule has 0 radical (unpaired) electrons. The van der Waals surface area contributed by atoms with Crippen LogP contribution in [0.5, 0.6) is 0 Å². The maximum absolute atomic E-state index is 13.3. The van der Waals surface area contributed by atoms with E-state index < -0.39 is 12.0 Å². The first-order valence-electron chi connectivity index (χ1n) is 4.05. The van der Waals surface area contributed by atoms with Gasteiger partial charge in [-0.05, 0) is 12.1 Å². The fraction of sp³-hybridized carbons (Fsp3) is 0.222. The lowest BCUT2D eigenvalue weighted by atomic mass is 10.1. The van der Waals surface area contributed by atoms with Gasteiger partial charge in [0.05, 0.1) is 0 Å². The van der Waals surface area contributed by atoms with Crippen LogP contribution in [-0.2, 0) is 11.2 Å². The minimum atomic E-state index is -0.961. The summed E-state index contributed by atoms with van der Waals surface area (Å²) >= 11 is 3.15. The Morgan fingerprint density at radius 1 is 1.64 bits per heavy atom. The third-order valence-electron chi connectivity index (χ3n) is 2.20. The fourth-order valence-corrected chi connectivity index (χ4v) is 1.96. The van der Waals surface area contributed by atoms with Gasteiger partial charge >= 0.3 is 5.97 Å². The van der Waals surface area contributed by atoms with Crippen molar-refractivity contribution in [3.63, 3.8) is 0 Å². The molecule has 5 heteroatoms. The van der Waals surface area contributed by atoms with Crippen molar-refractivity contribution < 1.29 is 14.3 Å². The Hall–Kier alpha value is -1.10. The van der Waals surface area contributed by atoms with Crippen LogP contribution >= 0.6 is 15.9 Å². The van der Waals surface area contributed by atoms with E-state index >= 15 is 0 Å². The molecule has 3 nitrogen and oxygen atoms in total. The van der Waals surface area contributed by atoms with Crippen LogP contribution in [0.3, 0.4) is 0 Å². The molecule has 1 atom stereocenters. The molecule has 1 aromatic carbocycles. The van der Waals surface area contributed by atoms with Crippen LogP contribution in [0.15, 0.2) is 16.6 Å². The van der Waals surface area contributed by atoms with Crippen LogP contribution in [0.25, 0.3) is 0 Å². The Morgan fingerprint density at radius 3 is 3.00 bits per heavy atom. The number of anilines is 1. The number of nitrogens with one attached hydrogen (secondary N) is 1. The van der Waals surface area contributed by atoms with Gasteiger partial charge in [-0.15, -0.1) is 0 Å². The summed E-state index contributed by atoms with van der Waals surface area (Å²) in [6, 6.07) is 2.31. The van der Waals surface area contributed by atoms with E-state index in [1.807, 2.05) is 0 Å². The van der Waals surface area contributed by atoms with Crippen molar-refractivity contribution in [3.8, 4) is 0 Å². The van der Waals surface area contributed by atoms with E-state index in [0.29, 0.717) is 15.7 Å². The van der Waals surface area contributed by atoms with Gasteiger partial charge in [-0.25, -0.2) is 9.18 Å². The van der Waals surface area contributed by atoms with Crippen molar-refractivity contribution in [1.29, 1.82) is 0 Å². The van der Waals surface area contributed by atoms with E-state index in [9.17, 15) is 9.18 Å². The Labute approximate surface area is 88.1 Å². The molecule has 14 heavy (non-hydrogen) atoms. The topological polar surface area (TPSA) is 49.3 Å². The standard InChI is InChI=1S/C9H7BrFNO2/c10-4-1-6(11)5-3-8(9(13)14)12-7(5)2-4/h1-2,8,12H,3H2,(H,13,14). The molecule has 0 saturated carbocycles. The fourth-order valence-electron chi connectivity index (χ4n) is 1.53. The Morgan fingerprint density at radius 2 is 2.36 bits per heavy atom. The molecule has 0 bridgehead atoms. The van der Waals surface area contributed by atoms with Gasteiger partial charge in [0, 0.05) is 22.1 Å². The zero-order valence-corrected chi connectivity index (χ0v) is 8.64. The molecule has 1 aliphatic rings. The molecular formula is C9H7BrFNO2. The summed E-state index contributed by atoms with van der Waals surface area (Å²) in [5.41, 5.74) is 1.00. The molecule has 1 aliphatic heterocycles. The molecule has 2 N–H and O–H groups in total. The van der Waals surface area contributed by atoms with Crippen LogP contribution in [0.1, 0.15) is 5.56 Å². The van der Waals surface area contributed by atoms with Crippen molar-refractivity contribution in [2.24, 2.45) is 0 Å². The average Bonchev–Trinajstić information content (AvgIpc) is 2.47. The van der Waals surface area contributed by atoms with Crippen LogP contribution < -0.4 is 5.32 Å². The van der Waals surface area contributed by atoms with Gasteiger partial charge in [-0.2, -0.15) is 0 Å². The number of hydrogen-bond donors (Lipinski definition) is 2. The predicted molar refractivity (Wildman–Crippen MR) is 52.9 cm³/mol. The third-order valence-corrected chi connectivity index (χ3v) is 2.65. The summed E-state index contributed by atoms with van der Waals surface area (Å²) in [4.78, 5) is 10.7. The first kappa shape index (κ1) is 9.45. The van der Waals surface area contributed by atoms with Gasteiger partial charge < -0.3 is 10.4 Å².